The number of hydrogen-bond acceptors (Lipinski definition) is 4. The summed E-state index contributed by atoms with van der Waals surface area (Å²) in [6, 6.07) is 6.04. The second kappa shape index (κ2) is 5.18. The molecule has 1 aliphatic rings. The van der Waals surface area contributed by atoms with Crippen molar-refractivity contribution < 1.29 is 13.2 Å². The third kappa shape index (κ3) is 2.86. The minimum absolute atomic E-state index is 0.102. The summed E-state index contributed by atoms with van der Waals surface area (Å²) >= 11 is 0. The Kier molecular flexibility index (Phi) is 3.88. The van der Waals surface area contributed by atoms with Gasteiger partial charge in [-0.15, -0.1) is 0 Å². The number of benzene rings is 1. The number of amides is 1. The van der Waals surface area contributed by atoms with Crippen LogP contribution in [0, 0.1) is 5.41 Å². The predicted octanol–water partition coefficient (Wildman–Crippen LogP) is 1.55. The van der Waals surface area contributed by atoms with E-state index in [2.05, 4.69) is 5.32 Å². The molecule has 0 aromatic heterocycles. The first-order valence-corrected chi connectivity index (χ1v) is 8.50. The minimum atomic E-state index is -3.22. The van der Waals surface area contributed by atoms with Gasteiger partial charge in [-0.25, -0.2) is 8.42 Å². The molecule has 0 radical (unpaired) electrons. The van der Waals surface area contributed by atoms with E-state index in [9.17, 15) is 13.2 Å². The Labute approximate surface area is 119 Å². The zero-order valence-corrected chi connectivity index (χ0v) is 12.5. The summed E-state index contributed by atoms with van der Waals surface area (Å²) in [6.07, 6.45) is 3.75. The van der Waals surface area contributed by atoms with Crippen LogP contribution in [0.2, 0.25) is 0 Å². The van der Waals surface area contributed by atoms with Gasteiger partial charge in [0.05, 0.1) is 10.3 Å². The molecule has 0 bridgehead atoms. The summed E-state index contributed by atoms with van der Waals surface area (Å²) in [4.78, 5) is 12.6. The highest BCUT2D eigenvalue weighted by Crippen LogP contribution is 2.37. The van der Waals surface area contributed by atoms with Crippen LogP contribution in [0.3, 0.4) is 0 Å². The van der Waals surface area contributed by atoms with Gasteiger partial charge in [-0.3, -0.25) is 4.79 Å². The molecule has 3 N–H and O–H groups in total. The highest BCUT2D eigenvalue weighted by atomic mass is 32.2. The van der Waals surface area contributed by atoms with E-state index >= 15 is 0 Å². The molecule has 2 atom stereocenters. The molecule has 1 amide bonds. The molecule has 0 spiro atoms. The molecule has 20 heavy (non-hydrogen) atoms. The van der Waals surface area contributed by atoms with Gasteiger partial charge in [0.15, 0.2) is 9.84 Å². The van der Waals surface area contributed by atoms with Crippen molar-refractivity contribution in [1.82, 2.24) is 0 Å². The van der Waals surface area contributed by atoms with Crippen LogP contribution in [0.1, 0.15) is 26.2 Å². The normalized spacial score (nSPS) is 26.4. The summed E-state index contributed by atoms with van der Waals surface area (Å²) in [7, 11) is -3.22. The van der Waals surface area contributed by atoms with Crippen LogP contribution in [-0.2, 0) is 14.6 Å². The van der Waals surface area contributed by atoms with Gasteiger partial charge in [-0.2, -0.15) is 0 Å². The van der Waals surface area contributed by atoms with Crippen molar-refractivity contribution in [2.75, 3.05) is 11.6 Å². The maximum atomic E-state index is 12.3. The fraction of sp³-hybridized carbons (Fsp3) is 0.500. The van der Waals surface area contributed by atoms with Crippen molar-refractivity contribution in [2.24, 2.45) is 11.1 Å². The van der Waals surface area contributed by atoms with Gasteiger partial charge in [0, 0.05) is 18.0 Å². The summed E-state index contributed by atoms with van der Waals surface area (Å²) in [5.41, 5.74) is 6.05. The van der Waals surface area contributed by atoms with Crippen molar-refractivity contribution >= 4 is 21.4 Å². The van der Waals surface area contributed by atoms with Crippen LogP contribution in [0.4, 0.5) is 5.69 Å². The lowest BCUT2D eigenvalue weighted by molar-refractivity contribution is -0.125. The van der Waals surface area contributed by atoms with Gasteiger partial charge < -0.3 is 11.1 Å². The van der Waals surface area contributed by atoms with Crippen molar-refractivity contribution in [3.05, 3.63) is 24.3 Å². The second-order valence-corrected chi connectivity index (χ2v) is 7.68. The molecule has 0 saturated heterocycles. The van der Waals surface area contributed by atoms with E-state index in [0.29, 0.717) is 5.69 Å². The van der Waals surface area contributed by atoms with Gasteiger partial charge in [0.2, 0.25) is 5.91 Å². The van der Waals surface area contributed by atoms with E-state index < -0.39 is 15.3 Å². The second-order valence-electron chi connectivity index (χ2n) is 5.67. The van der Waals surface area contributed by atoms with Gasteiger partial charge in [-0.05, 0) is 44.0 Å². The molecule has 0 aliphatic heterocycles. The Balaban J connectivity index is 2.13. The largest absolute Gasteiger partial charge is 0.327 e. The molecular formula is C14H20N2O3S. The van der Waals surface area contributed by atoms with Gasteiger partial charge in [-0.1, -0.05) is 6.42 Å². The molecule has 1 aromatic rings. The molecule has 0 heterocycles. The summed E-state index contributed by atoms with van der Waals surface area (Å²) in [5, 5.41) is 2.82. The molecule has 2 rings (SSSR count). The average molecular weight is 296 g/mol. The molecule has 6 heteroatoms. The standard InChI is InChI=1S/C14H20N2O3S/c1-14(9-3-4-12(14)15)13(17)16-10-5-7-11(8-6-10)20(2,18)19/h5-8,12H,3-4,9,15H2,1-2H3,(H,16,17). The van der Waals surface area contributed by atoms with Crippen molar-refractivity contribution in [1.29, 1.82) is 0 Å². The van der Waals surface area contributed by atoms with Crippen molar-refractivity contribution in [3.8, 4) is 0 Å². The first-order valence-electron chi connectivity index (χ1n) is 6.61. The zero-order chi connectivity index (χ0) is 15.0. The number of nitrogens with two attached hydrogens (primary N) is 1. The van der Waals surface area contributed by atoms with E-state index in [4.69, 9.17) is 5.73 Å². The SMILES string of the molecule is CC1(C(=O)Nc2ccc(S(C)(=O)=O)cc2)CCCC1N. The first-order chi connectivity index (χ1) is 9.23. The third-order valence-electron chi connectivity index (χ3n) is 4.09. The summed E-state index contributed by atoms with van der Waals surface area (Å²) < 4.78 is 22.7. The number of sulfone groups is 1. The fourth-order valence-corrected chi connectivity index (χ4v) is 3.16. The molecule has 1 aliphatic carbocycles. The predicted molar refractivity (Wildman–Crippen MR) is 78.1 cm³/mol. The molecule has 1 aromatic carbocycles. The number of anilines is 1. The number of carbonyl (C=O) groups is 1. The lowest BCUT2D eigenvalue weighted by Gasteiger charge is -2.27. The van der Waals surface area contributed by atoms with Crippen molar-refractivity contribution in [2.45, 2.75) is 37.1 Å². The maximum absolute atomic E-state index is 12.3. The Morgan fingerprint density at radius 3 is 2.40 bits per heavy atom. The zero-order valence-electron chi connectivity index (χ0n) is 11.7. The van der Waals surface area contributed by atoms with E-state index in [1.807, 2.05) is 6.92 Å². The molecule has 1 fully saturated rings. The van der Waals surface area contributed by atoms with E-state index in [0.717, 1.165) is 25.5 Å². The number of rotatable bonds is 3. The number of hydrogen-bond donors (Lipinski definition) is 2. The Morgan fingerprint density at radius 2 is 1.95 bits per heavy atom. The highest BCUT2D eigenvalue weighted by Gasteiger charge is 2.42. The molecule has 110 valence electrons. The van der Waals surface area contributed by atoms with E-state index in [1.54, 1.807) is 12.1 Å². The maximum Gasteiger partial charge on any atom is 0.231 e. The van der Waals surface area contributed by atoms with Crippen molar-refractivity contribution in [3.63, 3.8) is 0 Å². The Morgan fingerprint density at radius 1 is 1.35 bits per heavy atom. The quantitative estimate of drug-likeness (QED) is 0.885. The van der Waals surface area contributed by atoms with Crippen LogP contribution in [0.15, 0.2) is 29.2 Å². The minimum Gasteiger partial charge on any atom is -0.327 e. The summed E-state index contributed by atoms with van der Waals surface area (Å²) in [5.74, 6) is -0.102. The monoisotopic (exact) mass is 296 g/mol. The third-order valence-corrected chi connectivity index (χ3v) is 5.22. The molecule has 1 saturated carbocycles. The number of carbonyl (C=O) groups excluding carboxylic acids is 1. The lowest BCUT2D eigenvalue weighted by Crippen LogP contribution is -2.44. The highest BCUT2D eigenvalue weighted by molar-refractivity contribution is 7.90. The fourth-order valence-electron chi connectivity index (χ4n) is 2.53. The Hall–Kier alpha value is -1.40. The van der Waals surface area contributed by atoms with Crippen LogP contribution < -0.4 is 11.1 Å². The lowest BCUT2D eigenvalue weighted by atomic mass is 9.84. The average Bonchev–Trinajstić information content (AvgIpc) is 2.70. The van der Waals surface area contributed by atoms with Gasteiger partial charge >= 0.3 is 0 Å². The molecular weight excluding hydrogens is 276 g/mol. The molecule has 2 unspecified atom stereocenters. The molecule has 5 nitrogen and oxygen atoms in total. The summed E-state index contributed by atoms with van der Waals surface area (Å²) in [6.45, 7) is 1.88. The topological polar surface area (TPSA) is 89.3 Å². The van der Waals surface area contributed by atoms with Gasteiger partial charge in [0.1, 0.15) is 0 Å². The smallest absolute Gasteiger partial charge is 0.231 e. The van der Waals surface area contributed by atoms with E-state index in [-0.39, 0.29) is 16.8 Å². The van der Waals surface area contributed by atoms with Crippen LogP contribution in [0.5, 0.6) is 0 Å². The van der Waals surface area contributed by atoms with Crippen LogP contribution in [-0.4, -0.2) is 26.6 Å². The van der Waals surface area contributed by atoms with E-state index in [1.165, 1.54) is 12.1 Å². The number of nitrogens with one attached hydrogen (secondary N) is 1. The van der Waals surface area contributed by atoms with Crippen LogP contribution >= 0.6 is 0 Å². The van der Waals surface area contributed by atoms with Gasteiger partial charge in [0.25, 0.3) is 0 Å². The first kappa shape index (κ1) is 15.0. The Bertz CT molecular complexity index is 610. The van der Waals surface area contributed by atoms with Crippen LogP contribution in [0.25, 0.3) is 0 Å².